The van der Waals surface area contributed by atoms with E-state index in [0.717, 1.165) is 0 Å². The molecule has 1 fully saturated rings. The van der Waals surface area contributed by atoms with Crippen LogP contribution in [0.5, 0.6) is 0 Å². The monoisotopic (exact) mass is 1570 g/mol. The number of thioether (sulfide) groups is 1. The highest BCUT2D eigenvalue weighted by Crippen LogP contribution is 2.20. The van der Waals surface area contributed by atoms with E-state index in [9.17, 15) is 87.2 Å². The number of carbonyl (C=O) groups is 15. The Morgan fingerprint density at radius 3 is 1.65 bits per heavy atom. The largest absolute Gasteiger partial charge is 0.480 e. The van der Waals surface area contributed by atoms with Gasteiger partial charge in [0.15, 0.2) is 0 Å². The second kappa shape index (κ2) is 50.0. The number of nitrogens with zero attached hydrogens (tertiary/aromatic N) is 5. The first-order valence-electron chi connectivity index (χ1n) is 36.5. The van der Waals surface area contributed by atoms with E-state index in [-0.39, 0.29) is 174 Å². The van der Waals surface area contributed by atoms with Crippen molar-refractivity contribution in [2.75, 3.05) is 137 Å². The smallest absolute Gasteiger partial charge is 0.317 e. The predicted molar refractivity (Wildman–Crippen MR) is 402 cm³/mol. The molecule has 0 bridgehead atoms. The Hall–Kier alpha value is -9.87. The third-order valence-corrected chi connectivity index (χ3v) is 18.1. The molecule has 4 rings (SSSR count). The zero-order chi connectivity index (χ0) is 81.2. The van der Waals surface area contributed by atoms with Crippen LogP contribution in [0.3, 0.4) is 0 Å². The lowest BCUT2D eigenvalue weighted by atomic mass is 10.0. The number of benzene rings is 1. The van der Waals surface area contributed by atoms with Crippen LogP contribution in [0.2, 0.25) is 0 Å². The standard InChI is InChI=1S/C70H111N19O20S/c1-43(2)31-52(68(105)82-50(64(72)101)16-30-110-6)83-69(106)54(33-47-35-73-42-78-47)81-57(92)36-77-70(107)63(44(3)4)85-65(102)45(5)79-67(104)53(32-46-34-76-49-12-8-7-11-48(46)49)84-66(103)51(14-15-55(71)90)80-59(94)41-109-29-28-108-27-18-75-56(91)13-9-10-17-74-58(93)37-86-19-21-87(38-60(95)96)23-25-89(40-62(99)100)26-24-88(22-20-86)39-61(97)98/h7-8,11-12,34-35,42-45,50-54,63,76H,9-10,13-33,36-41H2,1-6H3,(H2,71,90)(H2,72,101)(H,73,78)(H,74,93)(H,75,91)(H,77,107)(H,79,104)(H,80,94)(H,81,92)(H,82,105)(H,83,106)(H,84,103)(H,85,102)(H,95,96)(H,97,98)(H,99,100)/t45-,50-,51-,52-,53-,54-,63-/m0/s1. The van der Waals surface area contributed by atoms with Gasteiger partial charge < -0.3 is 99.4 Å². The average molecular weight is 1570 g/mol. The van der Waals surface area contributed by atoms with Gasteiger partial charge >= 0.3 is 17.9 Å². The Morgan fingerprint density at radius 2 is 1.08 bits per heavy atom. The topological polar surface area (TPSA) is 565 Å². The minimum atomic E-state index is -1.43. The number of para-hydroxylation sites is 1. The normalized spacial score (nSPS) is 15.3. The average Bonchev–Trinajstić information content (AvgIpc) is 1.66. The highest BCUT2D eigenvalue weighted by atomic mass is 32.2. The molecule has 110 heavy (non-hydrogen) atoms. The van der Waals surface area contributed by atoms with Crippen molar-refractivity contribution in [2.24, 2.45) is 23.3 Å². The fraction of sp³-hybridized carbons (Fsp3) is 0.629. The van der Waals surface area contributed by atoms with E-state index in [1.165, 1.54) is 31.2 Å². The Bertz CT molecular complexity index is 3480. The number of aliphatic carboxylic acids is 3. The van der Waals surface area contributed by atoms with E-state index in [1.54, 1.807) is 63.9 Å². The van der Waals surface area contributed by atoms with Crippen molar-refractivity contribution < 1.29 is 96.7 Å². The lowest BCUT2D eigenvalue weighted by Crippen LogP contribution is -2.59. The number of hydrogen-bond donors (Lipinski definition) is 17. The van der Waals surface area contributed by atoms with Crippen LogP contribution in [0.15, 0.2) is 43.0 Å². The fourth-order valence-electron chi connectivity index (χ4n) is 11.5. The summed E-state index contributed by atoms with van der Waals surface area (Å²) in [6.45, 7) is 8.44. The lowest BCUT2D eigenvalue weighted by molar-refractivity contribution is -0.140. The molecule has 1 aliphatic heterocycles. The molecule has 1 aromatic carbocycles. The summed E-state index contributed by atoms with van der Waals surface area (Å²) in [6.07, 6.45) is 6.81. The minimum Gasteiger partial charge on any atom is -0.480 e. The first-order valence-corrected chi connectivity index (χ1v) is 37.9. The number of unbranched alkanes of at least 4 members (excludes halogenated alkanes) is 1. The zero-order valence-electron chi connectivity index (χ0n) is 63.3. The molecule has 40 heteroatoms. The molecule has 0 unspecified atom stereocenters. The molecule has 1 saturated heterocycles. The van der Waals surface area contributed by atoms with E-state index in [1.807, 2.05) is 20.1 Å². The van der Waals surface area contributed by atoms with Crippen LogP contribution in [-0.2, 0) is 94.2 Å². The number of H-pyrrole nitrogens is 2. The number of fused-ring (bicyclic) bond motifs is 1. The Morgan fingerprint density at radius 1 is 0.536 bits per heavy atom. The van der Waals surface area contributed by atoms with Crippen LogP contribution in [0.1, 0.15) is 90.8 Å². The number of amides is 12. The van der Waals surface area contributed by atoms with Crippen LogP contribution in [-0.4, -0.2) is 318 Å². The maximum absolute atomic E-state index is 14.3. The molecule has 3 heterocycles. The van der Waals surface area contributed by atoms with Gasteiger partial charge in [0.05, 0.1) is 58.9 Å². The Balaban J connectivity index is 1.26. The second-order valence-corrected chi connectivity index (χ2v) is 28.4. The highest BCUT2D eigenvalue weighted by Gasteiger charge is 2.34. The summed E-state index contributed by atoms with van der Waals surface area (Å²) >= 11 is 1.45. The summed E-state index contributed by atoms with van der Waals surface area (Å²) < 4.78 is 11.0. The molecule has 0 saturated carbocycles. The number of hydrogen-bond acceptors (Lipinski definition) is 23. The highest BCUT2D eigenvalue weighted by molar-refractivity contribution is 7.98. The van der Waals surface area contributed by atoms with Crippen LogP contribution in [0.25, 0.3) is 10.9 Å². The van der Waals surface area contributed by atoms with Crippen molar-refractivity contribution in [3.05, 3.63) is 54.2 Å². The van der Waals surface area contributed by atoms with Crippen LogP contribution < -0.4 is 64.6 Å². The number of carboxylic acid groups (broad SMARTS) is 3. The van der Waals surface area contributed by atoms with Crippen molar-refractivity contribution in [2.45, 2.75) is 135 Å². The first kappa shape index (κ1) is 92.5. The number of nitrogens with one attached hydrogen (secondary N) is 12. The number of nitrogens with two attached hydrogens (primary N) is 2. The third kappa shape index (κ3) is 37.0. The number of aromatic nitrogens is 3. The fourth-order valence-corrected chi connectivity index (χ4v) is 12.0. The lowest BCUT2D eigenvalue weighted by Gasteiger charge is -2.32. The van der Waals surface area contributed by atoms with E-state index >= 15 is 0 Å². The van der Waals surface area contributed by atoms with Gasteiger partial charge in [0.2, 0.25) is 70.9 Å². The van der Waals surface area contributed by atoms with Gasteiger partial charge in [-0.05, 0) is 74.5 Å². The number of imidazole rings is 1. The maximum Gasteiger partial charge on any atom is 0.317 e. The van der Waals surface area contributed by atoms with E-state index in [2.05, 4.69) is 68.1 Å². The van der Waals surface area contributed by atoms with E-state index in [0.29, 0.717) is 40.8 Å². The number of primary amides is 2. The van der Waals surface area contributed by atoms with Gasteiger partial charge in [-0.1, -0.05) is 45.9 Å². The molecule has 1 aliphatic rings. The summed E-state index contributed by atoms with van der Waals surface area (Å²) in [5.41, 5.74) is 12.7. The third-order valence-electron chi connectivity index (χ3n) is 17.4. The molecule has 0 spiro atoms. The summed E-state index contributed by atoms with van der Waals surface area (Å²) in [5, 5.41) is 55.4. The molecule has 39 nitrogen and oxygen atoms in total. The summed E-state index contributed by atoms with van der Waals surface area (Å²) in [7, 11) is 0. The molecule has 2 aromatic heterocycles. The summed E-state index contributed by atoms with van der Waals surface area (Å²) in [5.74, 6) is -11.9. The molecular weight excluding hydrogens is 1460 g/mol. The SMILES string of the molecule is CSCC[C@H](NC(=O)[C@H](CC(C)C)NC(=O)[C@H](Cc1cnc[nH]1)NC(=O)CNC(=O)[C@@H](NC(=O)[C@H](C)NC(=O)[C@H](Cc1c[nH]c2ccccc12)NC(=O)[C@H](CCC(N)=O)NC(=O)COCCOCCNC(=O)CCCCNC(=O)CN1CCN(CC(=O)O)CCN(CC(=O)O)CCN(CC(=O)O)CC1)C(C)C)C(N)=O. The van der Waals surface area contributed by atoms with E-state index in [4.69, 9.17) is 20.9 Å². The molecule has 0 aliphatic carbocycles. The zero-order valence-corrected chi connectivity index (χ0v) is 64.1. The van der Waals surface area contributed by atoms with Crippen LogP contribution in [0, 0.1) is 11.8 Å². The minimum absolute atomic E-state index is 0.00332. The van der Waals surface area contributed by atoms with Crippen molar-refractivity contribution in [3.63, 3.8) is 0 Å². The van der Waals surface area contributed by atoms with Gasteiger partial charge in [0.1, 0.15) is 48.9 Å². The molecular formula is C70H111N19O20S. The van der Waals surface area contributed by atoms with Crippen molar-refractivity contribution in [1.82, 2.24) is 87.7 Å². The van der Waals surface area contributed by atoms with Gasteiger partial charge in [-0.25, -0.2) is 4.98 Å². The number of carbonyl (C=O) groups excluding carboxylic acids is 12. The van der Waals surface area contributed by atoms with Crippen molar-refractivity contribution in [1.29, 1.82) is 0 Å². The van der Waals surface area contributed by atoms with Gasteiger partial charge in [-0.3, -0.25) is 91.5 Å². The maximum atomic E-state index is 14.3. The Kier molecular flexibility index (Phi) is 42.1. The van der Waals surface area contributed by atoms with Crippen molar-refractivity contribution >= 4 is 111 Å². The summed E-state index contributed by atoms with van der Waals surface area (Å²) in [4.78, 5) is 212. The van der Waals surface area contributed by atoms with Gasteiger partial charge in [0, 0.05) is 120 Å². The Labute approximate surface area is 642 Å². The molecule has 7 atom stereocenters. The van der Waals surface area contributed by atoms with Crippen LogP contribution >= 0.6 is 11.8 Å². The number of rotatable bonds is 50. The number of ether oxygens (including phenoxy) is 2. The molecule has 0 radical (unpaired) electrons. The molecule has 612 valence electrons. The first-order chi connectivity index (χ1) is 52.3. The summed E-state index contributed by atoms with van der Waals surface area (Å²) in [6, 6.07) is -1.81. The second-order valence-electron chi connectivity index (χ2n) is 27.4. The molecule has 19 N–H and O–H groups in total. The van der Waals surface area contributed by atoms with Crippen molar-refractivity contribution in [3.8, 4) is 0 Å². The van der Waals surface area contributed by atoms with Gasteiger partial charge in [0.25, 0.3) is 0 Å². The molecule has 12 amide bonds. The van der Waals surface area contributed by atoms with Gasteiger partial charge in [-0.2, -0.15) is 11.8 Å². The number of aromatic amines is 2. The number of carboxylic acids is 3. The molecule has 3 aromatic rings. The quantitative estimate of drug-likeness (QED) is 0.0236. The predicted octanol–water partition coefficient (Wildman–Crippen LogP) is -4.68. The van der Waals surface area contributed by atoms with Crippen LogP contribution in [0.4, 0.5) is 0 Å². The van der Waals surface area contributed by atoms with E-state index < -0.39 is 138 Å². The van der Waals surface area contributed by atoms with Gasteiger partial charge in [-0.15, -0.1) is 0 Å².